The van der Waals surface area contributed by atoms with Gasteiger partial charge in [-0.05, 0) is 19.8 Å². The minimum atomic E-state index is -0.152. The predicted octanol–water partition coefficient (Wildman–Crippen LogP) is 3.02. The molecule has 0 amide bonds. The van der Waals surface area contributed by atoms with Gasteiger partial charge in [-0.1, -0.05) is 18.2 Å². The fourth-order valence-electron chi connectivity index (χ4n) is 2.48. The lowest BCUT2D eigenvalue weighted by Crippen LogP contribution is -2.23. The van der Waals surface area contributed by atoms with E-state index in [4.69, 9.17) is 4.74 Å². The van der Waals surface area contributed by atoms with Crippen LogP contribution in [-0.2, 0) is 9.53 Å². The Morgan fingerprint density at radius 2 is 2.35 bits per heavy atom. The summed E-state index contributed by atoms with van der Waals surface area (Å²) in [6.45, 7) is 4.78. The van der Waals surface area contributed by atoms with Crippen LogP contribution in [0.1, 0.15) is 39.5 Å². The van der Waals surface area contributed by atoms with Crippen LogP contribution in [0.4, 0.5) is 0 Å². The van der Waals surface area contributed by atoms with Crippen molar-refractivity contribution in [2.75, 3.05) is 6.61 Å². The Balaban J connectivity index is 2.28. The number of carbonyl (C=O) groups is 1. The topological polar surface area (TPSA) is 30.7 Å². The van der Waals surface area contributed by atoms with Gasteiger partial charge >= 0.3 is 0 Å². The normalized spacial score (nSPS) is 35.5. The Bertz CT molecular complexity index is 389. The smallest absolute Gasteiger partial charge is 0.285 e. The summed E-state index contributed by atoms with van der Waals surface area (Å²) in [4.78, 5) is 16.5. The highest BCUT2D eigenvalue weighted by Gasteiger charge is 2.34. The molecule has 0 spiro atoms. The van der Waals surface area contributed by atoms with E-state index in [-0.39, 0.29) is 17.7 Å². The number of ketones is 1. The molecule has 0 aromatic rings. The van der Waals surface area contributed by atoms with Gasteiger partial charge in [-0.3, -0.25) is 4.79 Å². The maximum absolute atomic E-state index is 12.0. The molecular formula is C14H20NO2+. The molecule has 0 fully saturated rings. The Labute approximate surface area is 103 Å². The highest BCUT2D eigenvalue weighted by Crippen LogP contribution is 2.28. The summed E-state index contributed by atoms with van der Waals surface area (Å²) in [7, 11) is 0. The zero-order valence-electron chi connectivity index (χ0n) is 10.6. The van der Waals surface area contributed by atoms with Gasteiger partial charge in [0.1, 0.15) is 5.76 Å². The number of rotatable bonds is 2. The molecule has 0 aromatic carbocycles. The van der Waals surface area contributed by atoms with E-state index in [1.165, 1.54) is 0 Å². The van der Waals surface area contributed by atoms with Crippen molar-refractivity contribution < 1.29 is 9.53 Å². The van der Waals surface area contributed by atoms with Crippen LogP contribution in [0.2, 0.25) is 0 Å². The molecule has 0 saturated carbocycles. The number of ether oxygens (including phenoxy) is 1. The van der Waals surface area contributed by atoms with E-state index >= 15 is 0 Å². The van der Waals surface area contributed by atoms with Gasteiger partial charge in [0.2, 0.25) is 0 Å². The first kappa shape index (κ1) is 12.2. The van der Waals surface area contributed by atoms with Crippen LogP contribution < -0.4 is 0 Å². The maximum atomic E-state index is 12.0. The van der Waals surface area contributed by atoms with Crippen molar-refractivity contribution in [3.63, 3.8) is 0 Å². The van der Waals surface area contributed by atoms with E-state index in [1.807, 2.05) is 6.92 Å². The summed E-state index contributed by atoms with van der Waals surface area (Å²) in [5, 5.41) is 0. The zero-order valence-corrected chi connectivity index (χ0v) is 10.6. The van der Waals surface area contributed by atoms with Crippen molar-refractivity contribution in [2.24, 2.45) is 11.8 Å². The summed E-state index contributed by atoms with van der Waals surface area (Å²) in [5.41, 5.74) is 0. The lowest BCUT2D eigenvalue weighted by molar-refractivity contribution is -0.117. The molecule has 0 saturated heterocycles. The number of hydrogen-bond donors (Lipinski definition) is 0. The molecule has 2 bridgehead atoms. The predicted molar refractivity (Wildman–Crippen MR) is 66.9 cm³/mol. The first-order chi connectivity index (χ1) is 8.20. The first-order valence-electron chi connectivity index (χ1n) is 6.53. The maximum Gasteiger partial charge on any atom is 0.285 e. The van der Waals surface area contributed by atoms with E-state index in [2.05, 4.69) is 17.8 Å². The molecule has 2 aliphatic heterocycles. The molecule has 3 atom stereocenters. The summed E-state index contributed by atoms with van der Waals surface area (Å²) in [5.74, 6) is 1.29. The highest BCUT2D eigenvalue weighted by molar-refractivity contribution is 5.94. The van der Waals surface area contributed by atoms with E-state index in [1.54, 1.807) is 6.08 Å². The molecule has 0 radical (unpaired) electrons. The molecule has 0 aromatic heterocycles. The average molecular weight is 234 g/mol. The van der Waals surface area contributed by atoms with Gasteiger partial charge in [0.15, 0.2) is 11.7 Å². The number of hydrogen-bond acceptors (Lipinski definition) is 2. The number of allylic oxidation sites excluding steroid dienone is 1. The van der Waals surface area contributed by atoms with E-state index in [9.17, 15) is 4.79 Å². The second-order valence-electron chi connectivity index (χ2n) is 4.94. The Hall–Kier alpha value is -1.30. The minimum Gasteiger partial charge on any atom is -0.498 e. The molecule has 2 rings (SSSR count). The van der Waals surface area contributed by atoms with Gasteiger partial charge in [0.05, 0.1) is 13.0 Å². The molecule has 2 aliphatic rings. The lowest BCUT2D eigenvalue weighted by Gasteiger charge is -2.18. The number of nitrogens with zero attached hydrogens (tertiary/aromatic N) is 1. The van der Waals surface area contributed by atoms with Crippen LogP contribution in [0.5, 0.6) is 0 Å². The van der Waals surface area contributed by atoms with Crippen LogP contribution >= 0.6 is 0 Å². The van der Waals surface area contributed by atoms with Crippen LogP contribution in [0.25, 0.3) is 4.85 Å². The summed E-state index contributed by atoms with van der Waals surface area (Å²) in [6, 6.07) is 3.27. The van der Waals surface area contributed by atoms with Gasteiger partial charge in [-0.2, -0.15) is 0 Å². The molecular weight excluding hydrogens is 214 g/mol. The quantitative estimate of drug-likeness (QED) is 0.735. The molecule has 1 unspecified atom stereocenters. The third kappa shape index (κ3) is 2.88. The third-order valence-electron chi connectivity index (χ3n) is 3.59. The molecule has 2 heterocycles. The molecule has 0 aliphatic carbocycles. The van der Waals surface area contributed by atoms with Crippen molar-refractivity contribution in [3.8, 4) is 6.07 Å². The molecule has 17 heavy (non-hydrogen) atoms. The van der Waals surface area contributed by atoms with E-state index in [0.29, 0.717) is 12.5 Å². The van der Waals surface area contributed by atoms with Crippen LogP contribution in [-0.4, -0.2) is 18.4 Å². The Morgan fingerprint density at radius 1 is 1.53 bits per heavy atom. The largest absolute Gasteiger partial charge is 0.498 e. The van der Waals surface area contributed by atoms with Crippen molar-refractivity contribution >= 4 is 5.78 Å². The highest BCUT2D eigenvalue weighted by atomic mass is 16.5. The fraction of sp³-hybridized carbons (Fsp3) is 0.714. The molecule has 3 heteroatoms. The molecule has 3 nitrogen and oxygen atoms in total. The third-order valence-corrected chi connectivity index (χ3v) is 3.59. The SMILES string of the molecule is CCO/C1=C/C(=O)[C@H]2C#[N+][C@@H](C1)C(C)CCC2. The van der Waals surface area contributed by atoms with Gasteiger partial charge < -0.3 is 4.74 Å². The van der Waals surface area contributed by atoms with Gasteiger partial charge in [0.25, 0.3) is 12.1 Å². The Morgan fingerprint density at radius 3 is 3.12 bits per heavy atom. The summed E-state index contributed by atoms with van der Waals surface area (Å²) < 4.78 is 5.54. The first-order valence-corrected chi connectivity index (χ1v) is 6.53. The van der Waals surface area contributed by atoms with E-state index < -0.39 is 0 Å². The van der Waals surface area contributed by atoms with Gasteiger partial charge in [0, 0.05) is 12.0 Å². The standard InChI is InChI=1S/C14H20NO2/c1-3-17-12-7-13-10(2)5-4-6-11(9-15-13)14(16)8-12/h8,10-11,13H,3-7H2,1-2H3/q+1/b12-8+/t10?,11-,13+/m1/s1. The average Bonchev–Trinajstić information content (AvgIpc) is 2.27. The van der Waals surface area contributed by atoms with Crippen LogP contribution in [0, 0.1) is 17.9 Å². The van der Waals surface area contributed by atoms with Crippen LogP contribution in [0.15, 0.2) is 11.8 Å². The zero-order chi connectivity index (χ0) is 12.3. The van der Waals surface area contributed by atoms with Gasteiger partial charge in [-0.25, -0.2) is 0 Å². The van der Waals surface area contributed by atoms with Gasteiger partial charge in [-0.15, -0.1) is 0 Å². The van der Waals surface area contributed by atoms with Crippen molar-refractivity contribution in [3.05, 3.63) is 16.7 Å². The number of carbonyl (C=O) groups excluding carboxylic acids is 1. The Kier molecular flexibility index (Phi) is 3.83. The number of fused-ring (bicyclic) bond motifs is 2. The second kappa shape index (κ2) is 5.35. The van der Waals surface area contributed by atoms with Crippen molar-refractivity contribution in [1.29, 1.82) is 0 Å². The fourth-order valence-corrected chi connectivity index (χ4v) is 2.48. The summed E-state index contributed by atoms with van der Waals surface area (Å²) in [6.07, 6.45) is 5.50. The van der Waals surface area contributed by atoms with E-state index in [0.717, 1.165) is 31.4 Å². The van der Waals surface area contributed by atoms with Crippen LogP contribution in [0.3, 0.4) is 0 Å². The molecule has 0 N–H and O–H groups in total. The minimum absolute atomic E-state index is 0.102. The van der Waals surface area contributed by atoms with Crippen molar-refractivity contribution in [1.82, 2.24) is 0 Å². The molecule has 92 valence electrons. The van der Waals surface area contributed by atoms with Crippen molar-refractivity contribution in [2.45, 2.75) is 45.6 Å². The monoisotopic (exact) mass is 234 g/mol. The second-order valence-corrected chi connectivity index (χ2v) is 4.94. The lowest BCUT2D eigenvalue weighted by atomic mass is 9.86. The summed E-state index contributed by atoms with van der Waals surface area (Å²) >= 11 is 0.